The number of amides is 3. The summed E-state index contributed by atoms with van der Waals surface area (Å²) in [6, 6.07) is 24.4. The molecular formula is C29H33N3O5. The van der Waals surface area contributed by atoms with Crippen molar-refractivity contribution in [2.75, 3.05) is 0 Å². The van der Waals surface area contributed by atoms with Gasteiger partial charge in [-0.2, -0.15) is 0 Å². The van der Waals surface area contributed by atoms with E-state index in [4.69, 9.17) is 15.2 Å². The SMILES string of the molecule is CC(C)[C@@H](NC(=O)OCc1ccccc1)C(=O)N[C@@H](Cc1ccc(OCc2ccccc2)cc1)C(N)=O. The molecule has 3 rings (SSSR count). The highest BCUT2D eigenvalue weighted by atomic mass is 16.5. The summed E-state index contributed by atoms with van der Waals surface area (Å²) in [6.07, 6.45) is -0.525. The van der Waals surface area contributed by atoms with Crippen LogP contribution in [-0.2, 0) is 34.0 Å². The second-order valence-electron chi connectivity index (χ2n) is 9.01. The van der Waals surface area contributed by atoms with Crippen molar-refractivity contribution in [3.05, 3.63) is 102 Å². The summed E-state index contributed by atoms with van der Waals surface area (Å²) in [7, 11) is 0. The molecule has 0 aliphatic rings. The van der Waals surface area contributed by atoms with Crippen LogP contribution in [0.2, 0.25) is 0 Å². The number of nitrogens with two attached hydrogens (primary N) is 1. The molecule has 3 amide bonds. The summed E-state index contributed by atoms with van der Waals surface area (Å²) >= 11 is 0. The first-order valence-electron chi connectivity index (χ1n) is 12.1. The van der Waals surface area contributed by atoms with Gasteiger partial charge >= 0.3 is 6.09 Å². The number of carbonyl (C=O) groups excluding carboxylic acids is 3. The molecule has 0 saturated carbocycles. The molecule has 37 heavy (non-hydrogen) atoms. The van der Waals surface area contributed by atoms with Gasteiger partial charge in [-0.25, -0.2) is 4.79 Å². The van der Waals surface area contributed by atoms with E-state index < -0.39 is 30.0 Å². The summed E-state index contributed by atoms with van der Waals surface area (Å²) < 4.78 is 11.0. The molecule has 8 nitrogen and oxygen atoms in total. The smallest absolute Gasteiger partial charge is 0.408 e. The zero-order valence-electron chi connectivity index (χ0n) is 21.1. The number of hydrogen-bond donors (Lipinski definition) is 3. The molecule has 2 atom stereocenters. The molecule has 194 valence electrons. The van der Waals surface area contributed by atoms with Gasteiger partial charge in [0.1, 0.15) is 31.0 Å². The van der Waals surface area contributed by atoms with Gasteiger partial charge in [-0.1, -0.05) is 86.6 Å². The highest BCUT2D eigenvalue weighted by molar-refractivity contribution is 5.91. The van der Waals surface area contributed by atoms with Gasteiger partial charge < -0.3 is 25.8 Å². The standard InChI is InChI=1S/C29H33N3O5/c1-20(2)26(32-29(35)37-19-23-11-7-4-8-12-23)28(34)31-25(27(30)33)17-21-13-15-24(16-14-21)36-18-22-9-5-3-6-10-22/h3-16,20,25-26H,17-19H2,1-2H3,(H2,30,33)(H,31,34)(H,32,35)/t25-,26+/m0/s1. The fourth-order valence-electron chi connectivity index (χ4n) is 3.61. The van der Waals surface area contributed by atoms with Crippen molar-refractivity contribution in [3.8, 4) is 5.75 Å². The zero-order valence-corrected chi connectivity index (χ0v) is 21.1. The molecule has 3 aromatic carbocycles. The predicted molar refractivity (Wildman–Crippen MR) is 140 cm³/mol. The van der Waals surface area contributed by atoms with E-state index in [2.05, 4.69) is 10.6 Å². The minimum Gasteiger partial charge on any atom is -0.489 e. The average molecular weight is 504 g/mol. The second-order valence-corrected chi connectivity index (χ2v) is 9.01. The minimum atomic E-state index is -0.952. The third kappa shape index (κ3) is 9.00. The van der Waals surface area contributed by atoms with Gasteiger partial charge in [-0.15, -0.1) is 0 Å². The lowest BCUT2D eigenvalue weighted by molar-refractivity contribution is -0.129. The number of nitrogens with one attached hydrogen (secondary N) is 2. The van der Waals surface area contributed by atoms with Crippen molar-refractivity contribution in [3.63, 3.8) is 0 Å². The van der Waals surface area contributed by atoms with E-state index >= 15 is 0 Å². The maximum Gasteiger partial charge on any atom is 0.408 e. The number of ether oxygens (including phenoxy) is 2. The Morgan fingerprint density at radius 2 is 1.32 bits per heavy atom. The lowest BCUT2D eigenvalue weighted by Crippen LogP contribution is -2.55. The van der Waals surface area contributed by atoms with Crippen molar-refractivity contribution in [2.24, 2.45) is 11.7 Å². The van der Waals surface area contributed by atoms with Crippen LogP contribution in [-0.4, -0.2) is 30.0 Å². The molecule has 8 heteroatoms. The number of alkyl carbamates (subject to hydrolysis) is 1. The van der Waals surface area contributed by atoms with Crippen molar-refractivity contribution in [2.45, 2.75) is 45.6 Å². The molecule has 0 aromatic heterocycles. The Kier molecular flexibility index (Phi) is 10.1. The molecule has 4 N–H and O–H groups in total. The molecule has 0 unspecified atom stereocenters. The molecule has 0 spiro atoms. The predicted octanol–water partition coefficient (Wildman–Crippen LogP) is 3.73. The fraction of sp³-hybridized carbons (Fsp3) is 0.276. The van der Waals surface area contributed by atoms with Crippen LogP contribution < -0.4 is 21.1 Å². The lowest BCUT2D eigenvalue weighted by Gasteiger charge is -2.24. The Balaban J connectivity index is 1.54. The van der Waals surface area contributed by atoms with E-state index in [0.717, 1.165) is 16.7 Å². The molecular weight excluding hydrogens is 470 g/mol. The number of rotatable bonds is 12. The maximum absolute atomic E-state index is 13.0. The monoisotopic (exact) mass is 503 g/mol. The van der Waals surface area contributed by atoms with E-state index in [1.807, 2.05) is 72.8 Å². The summed E-state index contributed by atoms with van der Waals surface area (Å²) in [5, 5.41) is 5.26. The van der Waals surface area contributed by atoms with Crippen molar-refractivity contribution in [1.82, 2.24) is 10.6 Å². The third-order valence-electron chi connectivity index (χ3n) is 5.71. The van der Waals surface area contributed by atoms with Gasteiger partial charge in [0.2, 0.25) is 11.8 Å². The topological polar surface area (TPSA) is 120 Å². The molecule has 0 aliphatic carbocycles. The van der Waals surface area contributed by atoms with Gasteiger partial charge in [0.15, 0.2) is 0 Å². The first-order chi connectivity index (χ1) is 17.8. The summed E-state index contributed by atoms with van der Waals surface area (Å²) in [5.74, 6) is -0.755. The van der Waals surface area contributed by atoms with Crippen LogP contribution in [0.25, 0.3) is 0 Å². The van der Waals surface area contributed by atoms with Crippen molar-refractivity contribution in [1.29, 1.82) is 0 Å². The normalized spacial score (nSPS) is 12.3. The Bertz CT molecular complexity index is 1150. The highest BCUT2D eigenvalue weighted by Gasteiger charge is 2.28. The minimum absolute atomic E-state index is 0.0775. The van der Waals surface area contributed by atoms with Gasteiger partial charge in [-0.3, -0.25) is 9.59 Å². The van der Waals surface area contributed by atoms with Crippen LogP contribution in [0.1, 0.15) is 30.5 Å². The van der Waals surface area contributed by atoms with Crippen LogP contribution in [0.5, 0.6) is 5.75 Å². The number of benzene rings is 3. The summed E-state index contributed by atoms with van der Waals surface area (Å²) in [6.45, 7) is 4.09. The Labute approximate surface area is 217 Å². The number of hydrogen-bond acceptors (Lipinski definition) is 5. The first kappa shape index (κ1) is 27.3. The van der Waals surface area contributed by atoms with Crippen LogP contribution in [0.15, 0.2) is 84.9 Å². The van der Waals surface area contributed by atoms with E-state index in [1.165, 1.54) is 0 Å². The van der Waals surface area contributed by atoms with Crippen LogP contribution in [0.3, 0.4) is 0 Å². The van der Waals surface area contributed by atoms with Crippen LogP contribution in [0, 0.1) is 5.92 Å². The van der Waals surface area contributed by atoms with E-state index in [1.54, 1.807) is 26.0 Å². The van der Waals surface area contributed by atoms with E-state index in [-0.39, 0.29) is 18.9 Å². The van der Waals surface area contributed by atoms with E-state index in [9.17, 15) is 14.4 Å². The Morgan fingerprint density at radius 3 is 1.86 bits per heavy atom. The average Bonchev–Trinajstić information content (AvgIpc) is 2.90. The Morgan fingerprint density at radius 1 is 0.757 bits per heavy atom. The van der Waals surface area contributed by atoms with Gasteiger partial charge in [0.05, 0.1) is 0 Å². The van der Waals surface area contributed by atoms with Gasteiger partial charge in [0.25, 0.3) is 0 Å². The summed E-state index contributed by atoms with van der Waals surface area (Å²) in [5.41, 5.74) is 8.26. The third-order valence-corrected chi connectivity index (χ3v) is 5.71. The lowest BCUT2D eigenvalue weighted by atomic mass is 10.0. The second kappa shape index (κ2) is 13.7. The van der Waals surface area contributed by atoms with Gasteiger partial charge in [0, 0.05) is 6.42 Å². The highest BCUT2D eigenvalue weighted by Crippen LogP contribution is 2.16. The molecule has 0 saturated heterocycles. The van der Waals surface area contributed by atoms with Crippen LogP contribution >= 0.6 is 0 Å². The molecule has 0 heterocycles. The maximum atomic E-state index is 13.0. The molecule has 3 aromatic rings. The first-order valence-corrected chi connectivity index (χ1v) is 12.1. The van der Waals surface area contributed by atoms with Crippen molar-refractivity contribution < 1.29 is 23.9 Å². The molecule has 0 bridgehead atoms. The molecule has 0 radical (unpaired) electrons. The zero-order chi connectivity index (χ0) is 26.6. The van der Waals surface area contributed by atoms with Crippen LogP contribution in [0.4, 0.5) is 4.79 Å². The fourth-order valence-corrected chi connectivity index (χ4v) is 3.61. The largest absolute Gasteiger partial charge is 0.489 e. The number of carbonyl (C=O) groups is 3. The van der Waals surface area contributed by atoms with Crippen molar-refractivity contribution >= 4 is 17.9 Å². The Hall–Kier alpha value is -4.33. The number of primary amides is 1. The quantitative estimate of drug-likeness (QED) is 0.348. The molecule has 0 aliphatic heterocycles. The van der Waals surface area contributed by atoms with E-state index in [0.29, 0.717) is 12.4 Å². The molecule has 0 fully saturated rings. The van der Waals surface area contributed by atoms with Gasteiger partial charge in [-0.05, 0) is 34.7 Å². The summed E-state index contributed by atoms with van der Waals surface area (Å²) in [4.78, 5) is 37.4.